The first-order chi connectivity index (χ1) is 8.74. The predicted molar refractivity (Wildman–Crippen MR) is 85.3 cm³/mol. The molecule has 19 heavy (non-hydrogen) atoms. The Kier molecular flexibility index (Phi) is 5.34. The van der Waals surface area contributed by atoms with Crippen LogP contribution < -0.4 is 0 Å². The van der Waals surface area contributed by atoms with Gasteiger partial charge in [-0.15, -0.1) is 0 Å². The number of benzene rings is 1. The van der Waals surface area contributed by atoms with Gasteiger partial charge < -0.3 is 10.0 Å². The number of halogens is 1. The van der Waals surface area contributed by atoms with Crippen LogP contribution in [-0.2, 0) is 10.3 Å². The number of aliphatic carboxylic acids is 1. The Morgan fingerprint density at radius 2 is 1.89 bits per heavy atom. The Labute approximate surface area is 128 Å². The SMILES string of the molecule is CC(N(C)C)C(C(=O)O)(c1cccc(I)c1)N(C)C. The van der Waals surface area contributed by atoms with Crippen LogP contribution in [0.2, 0.25) is 0 Å². The molecule has 0 saturated heterocycles. The quantitative estimate of drug-likeness (QED) is 0.800. The zero-order chi connectivity index (χ0) is 14.8. The highest BCUT2D eigenvalue weighted by Gasteiger charge is 2.48. The predicted octanol–water partition coefficient (Wildman–Crippen LogP) is 2.08. The normalized spacial score (nSPS) is 16.4. The number of carboxylic acids is 1. The minimum Gasteiger partial charge on any atom is -0.480 e. The molecule has 0 aliphatic carbocycles. The van der Waals surface area contributed by atoms with Crippen LogP contribution in [0.25, 0.3) is 0 Å². The van der Waals surface area contributed by atoms with Gasteiger partial charge in [-0.25, -0.2) is 4.79 Å². The number of hydrogen-bond acceptors (Lipinski definition) is 3. The lowest BCUT2D eigenvalue weighted by Crippen LogP contribution is -2.59. The molecule has 106 valence electrons. The van der Waals surface area contributed by atoms with Crippen LogP contribution in [0.3, 0.4) is 0 Å². The third-order valence-corrected chi connectivity index (χ3v) is 4.35. The molecule has 5 heteroatoms. The maximum absolute atomic E-state index is 12.0. The van der Waals surface area contributed by atoms with E-state index in [1.165, 1.54) is 0 Å². The van der Waals surface area contributed by atoms with Crippen LogP contribution in [0.1, 0.15) is 12.5 Å². The molecule has 0 amide bonds. The van der Waals surface area contributed by atoms with E-state index in [-0.39, 0.29) is 6.04 Å². The molecule has 2 unspecified atom stereocenters. The second-order valence-electron chi connectivity index (χ2n) is 5.12. The van der Waals surface area contributed by atoms with Crippen LogP contribution >= 0.6 is 22.6 Å². The van der Waals surface area contributed by atoms with Crippen molar-refractivity contribution in [3.05, 3.63) is 33.4 Å². The highest BCUT2D eigenvalue weighted by molar-refractivity contribution is 14.1. The summed E-state index contributed by atoms with van der Waals surface area (Å²) >= 11 is 2.21. The molecular formula is C14H21IN2O2. The summed E-state index contributed by atoms with van der Waals surface area (Å²) in [5, 5.41) is 9.89. The van der Waals surface area contributed by atoms with E-state index in [9.17, 15) is 9.90 Å². The van der Waals surface area contributed by atoms with E-state index in [2.05, 4.69) is 22.6 Å². The molecule has 0 aromatic heterocycles. The fourth-order valence-electron chi connectivity index (χ4n) is 2.47. The Bertz CT molecular complexity index is 463. The Balaban J connectivity index is 3.53. The average molecular weight is 376 g/mol. The van der Waals surface area contributed by atoms with E-state index < -0.39 is 11.5 Å². The Morgan fingerprint density at radius 1 is 1.32 bits per heavy atom. The molecule has 0 heterocycles. The molecule has 0 spiro atoms. The number of nitrogens with zero attached hydrogens (tertiary/aromatic N) is 2. The first-order valence-corrected chi connectivity index (χ1v) is 7.15. The van der Waals surface area contributed by atoms with Gasteiger partial charge in [0.25, 0.3) is 0 Å². The smallest absolute Gasteiger partial charge is 0.330 e. The molecule has 0 radical (unpaired) electrons. The molecule has 1 N–H and O–H groups in total. The number of rotatable bonds is 5. The topological polar surface area (TPSA) is 43.8 Å². The fraction of sp³-hybridized carbons (Fsp3) is 0.500. The van der Waals surface area contributed by atoms with E-state index in [4.69, 9.17) is 0 Å². The van der Waals surface area contributed by atoms with Crippen molar-refractivity contribution in [1.82, 2.24) is 9.80 Å². The van der Waals surface area contributed by atoms with Crippen molar-refractivity contribution in [3.8, 4) is 0 Å². The minimum absolute atomic E-state index is 0.168. The lowest BCUT2D eigenvalue weighted by atomic mass is 9.81. The van der Waals surface area contributed by atoms with E-state index in [1.807, 2.05) is 64.3 Å². The van der Waals surface area contributed by atoms with Crippen LogP contribution in [0.4, 0.5) is 0 Å². The first kappa shape index (κ1) is 16.4. The summed E-state index contributed by atoms with van der Waals surface area (Å²) in [6.45, 7) is 1.94. The highest BCUT2D eigenvalue weighted by atomic mass is 127. The molecule has 0 fully saturated rings. The van der Waals surface area contributed by atoms with Gasteiger partial charge in [-0.1, -0.05) is 12.1 Å². The molecular weight excluding hydrogens is 355 g/mol. The molecule has 0 bridgehead atoms. The minimum atomic E-state index is -1.06. The molecule has 1 aromatic rings. The third-order valence-electron chi connectivity index (χ3n) is 3.68. The van der Waals surface area contributed by atoms with Gasteiger partial charge in [0, 0.05) is 9.61 Å². The van der Waals surface area contributed by atoms with Crippen molar-refractivity contribution < 1.29 is 9.90 Å². The summed E-state index contributed by atoms with van der Waals surface area (Å²) in [4.78, 5) is 15.8. The summed E-state index contributed by atoms with van der Waals surface area (Å²) in [5.41, 5.74) is -0.261. The standard InChI is InChI=1S/C14H21IN2O2/c1-10(16(2)3)14(13(18)19,17(4)5)11-7-6-8-12(15)9-11/h6-10H,1-5H3,(H,18,19). The van der Waals surface area contributed by atoms with Gasteiger partial charge in [0.2, 0.25) is 0 Å². The molecule has 4 nitrogen and oxygen atoms in total. The summed E-state index contributed by atoms with van der Waals surface area (Å²) in [6.07, 6.45) is 0. The van der Waals surface area contributed by atoms with Crippen LogP contribution in [0.5, 0.6) is 0 Å². The molecule has 0 saturated carbocycles. The van der Waals surface area contributed by atoms with Crippen molar-refractivity contribution in [2.75, 3.05) is 28.2 Å². The van der Waals surface area contributed by atoms with Crippen LogP contribution in [0.15, 0.2) is 24.3 Å². The van der Waals surface area contributed by atoms with E-state index in [1.54, 1.807) is 4.90 Å². The van der Waals surface area contributed by atoms with Gasteiger partial charge >= 0.3 is 5.97 Å². The maximum atomic E-state index is 12.0. The molecule has 2 atom stereocenters. The molecule has 1 aromatic carbocycles. The van der Waals surface area contributed by atoms with Gasteiger partial charge in [-0.3, -0.25) is 4.90 Å². The fourth-order valence-corrected chi connectivity index (χ4v) is 3.01. The van der Waals surface area contributed by atoms with Gasteiger partial charge in [-0.05, 0) is 75.4 Å². The number of hydrogen-bond donors (Lipinski definition) is 1. The second-order valence-corrected chi connectivity index (χ2v) is 6.36. The van der Waals surface area contributed by atoms with Crippen molar-refractivity contribution >= 4 is 28.6 Å². The summed E-state index contributed by atoms with van der Waals surface area (Å²) < 4.78 is 1.04. The second kappa shape index (κ2) is 6.19. The van der Waals surface area contributed by atoms with Gasteiger partial charge in [0.05, 0.1) is 0 Å². The lowest BCUT2D eigenvalue weighted by molar-refractivity contribution is -0.155. The van der Waals surface area contributed by atoms with Crippen molar-refractivity contribution in [3.63, 3.8) is 0 Å². The number of likely N-dealkylation sites (N-methyl/N-ethyl adjacent to an activating group) is 2. The maximum Gasteiger partial charge on any atom is 0.330 e. The van der Waals surface area contributed by atoms with Crippen molar-refractivity contribution in [1.29, 1.82) is 0 Å². The summed E-state index contributed by atoms with van der Waals surface area (Å²) in [6, 6.07) is 7.52. The zero-order valence-corrected chi connectivity index (χ0v) is 14.2. The van der Waals surface area contributed by atoms with E-state index in [0.717, 1.165) is 9.13 Å². The van der Waals surface area contributed by atoms with Gasteiger partial charge in [-0.2, -0.15) is 0 Å². The van der Waals surface area contributed by atoms with Crippen LogP contribution in [-0.4, -0.2) is 55.1 Å². The first-order valence-electron chi connectivity index (χ1n) is 6.07. The monoisotopic (exact) mass is 376 g/mol. The number of carboxylic acid groups (broad SMARTS) is 1. The van der Waals surface area contributed by atoms with E-state index >= 15 is 0 Å². The molecule has 0 aliphatic heterocycles. The van der Waals surface area contributed by atoms with Crippen molar-refractivity contribution in [2.24, 2.45) is 0 Å². The highest BCUT2D eigenvalue weighted by Crippen LogP contribution is 2.33. The van der Waals surface area contributed by atoms with Crippen LogP contribution in [0, 0.1) is 3.57 Å². The zero-order valence-electron chi connectivity index (χ0n) is 12.0. The van der Waals surface area contributed by atoms with Crippen molar-refractivity contribution in [2.45, 2.75) is 18.5 Å². The molecule has 0 aliphatic rings. The van der Waals surface area contributed by atoms with Gasteiger partial charge in [0.15, 0.2) is 5.54 Å². The largest absolute Gasteiger partial charge is 0.480 e. The van der Waals surface area contributed by atoms with Gasteiger partial charge in [0.1, 0.15) is 0 Å². The van der Waals surface area contributed by atoms with E-state index in [0.29, 0.717) is 0 Å². The average Bonchev–Trinajstić information content (AvgIpc) is 2.28. The third kappa shape index (κ3) is 2.93. The summed E-state index contributed by atoms with van der Waals surface area (Å²) in [5.74, 6) is -0.833. The molecule has 1 rings (SSSR count). The summed E-state index contributed by atoms with van der Waals surface area (Å²) in [7, 11) is 7.43. The lowest BCUT2D eigenvalue weighted by Gasteiger charge is -2.43. The number of carbonyl (C=O) groups is 1. The Hall–Kier alpha value is -0.660. The Morgan fingerprint density at radius 3 is 2.26 bits per heavy atom.